The maximum Gasteiger partial charge on any atom is 0.221 e. The summed E-state index contributed by atoms with van der Waals surface area (Å²) in [6.45, 7) is 3.00. The normalized spacial score (nSPS) is 9.80. The van der Waals surface area contributed by atoms with Crippen LogP contribution in [0.2, 0.25) is 0 Å². The highest BCUT2D eigenvalue weighted by Crippen LogP contribution is 2.21. The maximum atomic E-state index is 8.63. The zero-order valence-electron chi connectivity index (χ0n) is 11.5. The standard InChI is InChI=1S/C16H17N3O/c1-2-12-18-15-4-3-5-16(19-15)20-14-8-6-13(7-9-14)10-11-17/h3-9H,2,10,12H2,1H3,(H,18,19). The molecule has 102 valence electrons. The highest BCUT2D eigenvalue weighted by atomic mass is 16.5. The molecule has 0 saturated heterocycles. The lowest BCUT2D eigenvalue weighted by Crippen LogP contribution is -2.02. The van der Waals surface area contributed by atoms with Gasteiger partial charge in [-0.05, 0) is 30.2 Å². The Morgan fingerprint density at radius 2 is 2.00 bits per heavy atom. The van der Waals surface area contributed by atoms with Crippen molar-refractivity contribution in [3.63, 3.8) is 0 Å². The van der Waals surface area contributed by atoms with E-state index in [4.69, 9.17) is 10.00 Å². The smallest absolute Gasteiger partial charge is 0.221 e. The van der Waals surface area contributed by atoms with E-state index in [1.807, 2.05) is 42.5 Å². The Kier molecular flexibility index (Phi) is 4.96. The molecule has 2 aromatic rings. The molecule has 1 aromatic heterocycles. The predicted molar refractivity (Wildman–Crippen MR) is 78.9 cm³/mol. The molecule has 4 heteroatoms. The Bertz CT molecular complexity index is 587. The van der Waals surface area contributed by atoms with Crippen molar-refractivity contribution < 1.29 is 4.74 Å². The summed E-state index contributed by atoms with van der Waals surface area (Å²) in [5.41, 5.74) is 0.978. The van der Waals surface area contributed by atoms with Crippen molar-refractivity contribution in [1.82, 2.24) is 4.98 Å². The van der Waals surface area contributed by atoms with Gasteiger partial charge in [0.2, 0.25) is 5.88 Å². The van der Waals surface area contributed by atoms with Crippen LogP contribution in [0.3, 0.4) is 0 Å². The second kappa shape index (κ2) is 7.15. The van der Waals surface area contributed by atoms with E-state index in [-0.39, 0.29) is 0 Å². The van der Waals surface area contributed by atoms with Gasteiger partial charge in [0, 0.05) is 12.6 Å². The molecule has 0 unspecified atom stereocenters. The van der Waals surface area contributed by atoms with E-state index in [1.54, 1.807) is 0 Å². The fraction of sp³-hybridized carbons (Fsp3) is 0.250. The van der Waals surface area contributed by atoms with E-state index in [0.717, 1.165) is 24.3 Å². The molecule has 1 heterocycles. The number of hydrogen-bond donors (Lipinski definition) is 1. The van der Waals surface area contributed by atoms with E-state index in [9.17, 15) is 0 Å². The molecule has 1 N–H and O–H groups in total. The van der Waals surface area contributed by atoms with Crippen LogP contribution < -0.4 is 10.1 Å². The molecule has 0 saturated carbocycles. The van der Waals surface area contributed by atoms with E-state index >= 15 is 0 Å². The zero-order chi connectivity index (χ0) is 14.2. The molecule has 0 aliphatic carbocycles. The van der Waals surface area contributed by atoms with Gasteiger partial charge in [0.15, 0.2) is 0 Å². The minimum Gasteiger partial charge on any atom is -0.439 e. The molecule has 0 bridgehead atoms. The van der Waals surface area contributed by atoms with Gasteiger partial charge in [0.05, 0.1) is 12.5 Å². The summed E-state index contributed by atoms with van der Waals surface area (Å²) >= 11 is 0. The summed E-state index contributed by atoms with van der Waals surface area (Å²) in [7, 11) is 0. The quantitative estimate of drug-likeness (QED) is 0.865. The van der Waals surface area contributed by atoms with Gasteiger partial charge < -0.3 is 10.1 Å². The van der Waals surface area contributed by atoms with Crippen LogP contribution in [0.1, 0.15) is 18.9 Å². The van der Waals surface area contributed by atoms with Crippen LogP contribution in [0.25, 0.3) is 0 Å². The van der Waals surface area contributed by atoms with Gasteiger partial charge in [-0.2, -0.15) is 10.2 Å². The van der Waals surface area contributed by atoms with Crippen LogP contribution in [-0.4, -0.2) is 11.5 Å². The second-order valence-electron chi connectivity index (χ2n) is 4.37. The summed E-state index contributed by atoms with van der Waals surface area (Å²) in [6, 6.07) is 15.2. The molecule has 20 heavy (non-hydrogen) atoms. The van der Waals surface area contributed by atoms with Gasteiger partial charge in [-0.15, -0.1) is 0 Å². The van der Waals surface area contributed by atoms with Crippen molar-refractivity contribution in [2.24, 2.45) is 0 Å². The van der Waals surface area contributed by atoms with Gasteiger partial charge in [-0.25, -0.2) is 0 Å². The van der Waals surface area contributed by atoms with E-state index < -0.39 is 0 Å². The predicted octanol–water partition coefficient (Wildman–Crippen LogP) is 3.76. The van der Waals surface area contributed by atoms with Crippen LogP contribution in [0.5, 0.6) is 11.6 Å². The lowest BCUT2D eigenvalue weighted by atomic mass is 10.2. The molecule has 1 aromatic carbocycles. The number of aromatic nitrogens is 1. The third-order valence-corrected chi connectivity index (χ3v) is 2.71. The van der Waals surface area contributed by atoms with Gasteiger partial charge in [0.1, 0.15) is 11.6 Å². The monoisotopic (exact) mass is 267 g/mol. The SMILES string of the molecule is CCCNc1cccc(Oc2ccc(CC#N)cc2)n1. The number of benzene rings is 1. The van der Waals surface area contributed by atoms with Gasteiger partial charge in [-0.1, -0.05) is 25.1 Å². The molecule has 0 fully saturated rings. The average Bonchev–Trinajstić information content (AvgIpc) is 2.48. The number of nitrogens with one attached hydrogen (secondary N) is 1. The topological polar surface area (TPSA) is 57.9 Å². The Balaban J connectivity index is 2.03. The largest absolute Gasteiger partial charge is 0.439 e. The summed E-state index contributed by atoms with van der Waals surface area (Å²) in [6.07, 6.45) is 1.46. The lowest BCUT2D eigenvalue weighted by Gasteiger charge is -2.08. The minimum atomic E-state index is 0.412. The van der Waals surface area contributed by atoms with Crippen molar-refractivity contribution in [3.05, 3.63) is 48.0 Å². The number of nitriles is 1. The fourth-order valence-electron chi connectivity index (χ4n) is 1.71. The summed E-state index contributed by atoms with van der Waals surface area (Å²) in [5, 5.41) is 11.8. The Morgan fingerprint density at radius 1 is 1.20 bits per heavy atom. The number of anilines is 1. The third kappa shape index (κ3) is 3.99. The van der Waals surface area contributed by atoms with Crippen molar-refractivity contribution in [1.29, 1.82) is 5.26 Å². The molecule has 0 atom stereocenters. The first-order chi connectivity index (χ1) is 9.81. The van der Waals surface area contributed by atoms with Crippen molar-refractivity contribution >= 4 is 5.82 Å². The Morgan fingerprint density at radius 3 is 2.70 bits per heavy atom. The first kappa shape index (κ1) is 13.9. The number of ether oxygens (including phenoxy) is 1. The van der Waals surface area contributed by atoms with Crippen molar-refractivity contribution in [2.75, 3.05) is 11.9 Å². The van der Waals surface area contributed by atoms with E-state index in [2.05, 4.69) is 23.3 Å². The number of rotatable bonds is 6. The van der Waals surface area contributed by atoms with Crippen molar-refractivity contribution in [2.45, 2.75) is 19.8 Å². The first-order valence-electron chi connectivity index (χ1n) is 6.66. The number of pyridine rings is 1. The van der Waals surface area contributed by atoms with Gasteiger partial charge in [-0.3, -0.25) is 0 Å². The average molecular weight is 267 g/mol. The van der Waals surface area contributed by atoms with Gasteiger partial charge in [0.25, 0.3) is 0 Å². The molecule has 0 spiro atoms. The third-order valence-electron chi connectivity index (χ3n) is 2.71. The van der Waals surface area contributed by atoms with E-state index in [0.29, 0.717) is 18.1 Å². The van der Waals surface area contributed by atoms with Crippen LogP contribution in [0, 0.1) is 11.3 Å². The van der Waals surface area contributed by atoms with Crippen LogP contribution >= 0.6 is 0 Å². The highest BCUT2D eigenvalue weighted by molar-refractivity contribution is 5.38. The van der Waals surface area contributed by atoms with Crippen LogP contribution in [-0.2, 0) is 6.42 Å². The number of nitrogens with zero attached hydrogens (tertiary/aromatic N) is 2. The molecular weight excluding hydrogens is 250 g/mol. The molecule has 0 amide bonds. The summed E-state index contributed by atoms with van der Waals surface area (Å²) in [5.74, 6) is 2.08. The highest BCUT2D eigenvalue weighted by Gasteiger charge is 2.01. The summed E-state index contributed by atoms with van der Waals surface area (Å²) in [4.78, 5) is 4.38. The Hall–Kier alpha value is -2.54. The summed E-state index contributed by atoms with van der Waals surface area (Å²) < 4.78 is 5.70. The Labute approximate surface area is 119 Å². The lowest BCUT2D eigenvalue weighted by molar-refractivity contribution is 0.463. The number of hydrogen-bond acceptors (Lipinski definition) is 4. The zero-order valence-corrected chi connectivity index (χ0v) is 11.5. The molecule has 4 nitrogen and oxygen atoms in total. The van der Waals surface area contributed by atoms with Gasteiger partial charge >= 0.3 is 0 Å². The molecule has 0 aliphatic rings. The molecule has 0 aliphatic heterocycles. The van der Waals surface area contributed by atoms with Crippen molar-refractivity contribution in [3.8, 4) is 17.7 Å². The molecule has 0 radical (unpaired) electrons. The fourth-order valence-corrected chi connectivity index (χ4v) is 1.71. The minimum absolute atomic E-state index is 0.412. The maximum absolute atomic E-state index is 8.63. The van der Waals surface area contributed by atoms with E-state index in [1.165, 1.54) is 0 Å². The molecule has 2 rings (SSSR count). The van der Waals surface area contributed by atoms with Crippen LogP contribution in [0.4, 0.5) is 5.82 Å². The first-order valence-corrected chi connectivity index (χ1v) is 6.66. The molecular formula is C16H17N3O. The van der Waals surface area contributed by atoms with Crippen LogP contribution in [0.15, 0.2) is 42.5 Å². The second-order valence-corrected chi connectivity index (χ2v) is 4.37.